The van der Waals surface area contributed by atoms with Crippen molar-refractivity contribution in [1.29, 1.82) is 0 Å². The number of rotatable bonds is 10. The van der Waals surface area contributed by atoms with E-state index < -0.39 is 0 Å². The van der Waals surface area contributed by atoms with E-state index in [1.807, 2.05) is 0 Å². The molecule has 1 amide bonds. The number of hydrogen-bond donors (Lipinski definition) is 3. The highest BCUT2D eigenvalue weighted by atomic mass is 35.5. The number of aryl methyl sites for hydroxylation is 1. The van der Waals surface area contributed by atoms with Crippen molar-refractivity contribution in [3.8, 4) is 0 Å². The zero-order chi connectivity index (χ0) is 14.8. The molecule has 1 heterocycles. The van der Waals surface area contributed by atoms with Crippen LogP contribution in [0.2, 0.25) is 5.15 Å². The molecule has 114 valence electrons. The Morgan fingerprint density at radius 3 is 3.00 bits per heavy atom. The van der Waals surface area contributed by atoms with Crippen molar-refractivity contribution in [3.63, 3.8) is 0 Å². The predicted octanol–water partition coefficient (Wildman–Crippen LogP) is 1.26. The summed E-state index contributed by atoms with van der Waals surface area (Å²) in [7, 11) is 1.60. The summed E-state index contributed by atoms with van der Waals surface area (Å²) >= 11 is 6.04. The Morgan fingerprint density at radius 1 is 1.50 bits per heavy atom. The van der Waals surface area contributed by atoms with Gasteiger partial charge in [0.15, 0.2) is 5.15 Å². The number of carbonyl (C=O) groups is 1. The summed E-state index contributed by atoms with van der Waals surface area (Å²) in [5, 5.41) is 6.24. The second kappa shape index (κ2) is 9.74. The minimum atomic E-state index is -0.0658. The standard InChI is InChI=1S/C13H23ClN4O2/c1-3-4-5-11-17-10(13(14)18-11)8-15-9-12(19)16-6-7-20-2/h15H,3-9H2,1-2H3,(H,16,19)(H,17,18). The number of aromatic amines is 1. The van der Waals surface area contributed by atoms with Crippen LogP contribution in [0.3, 0.4) is 0 Å². The molecular weight excluding hydrogens is 280 g/mol. The fourth-order valence-corrected chi connectivity index (χ4v) is 1.89. The maximum Gasteiger partial charge on any atom is 0.234 e. The highest BCUT2D eigenvalue weighted by Crippen LogP contribution is 2.13. The Balaban J connectivity index is 2.27. The fourth-order valence-electron chi connectivity index (χ4n) is 1.68. The highest BCUT2D eigenvalue weighted by molar-refractivity contribution is 6.30. The van der Waals surface area contributed by atoms with Crippen molar-refractivity contribution in [2.45, 2.75) is 32.7 Å². The average molecular weight is 303 g/mol. The minimum Gasteiger partial charge on any atom is -0.383 e. The van der Waals surface area contributed by atoms with Gasteiger partial charge in [-0.25, -0.2) is 4.98 Å². The number of nitrogens with one attached hydrogen (secondary N) is 3. The number of ether oxygens (including phenoxy) is 1. The van der Waals surface area contributed by atoms with Crippen LogP contribution in [0.5, 0.6) is 0 Å². The molecular formula is C13H23ClN4O2. The maximum absolute atomic E-state index is 11.5. The van der Waals surface area contributed by atoms with Gasteiger partial charge in [0.05, 0.1) is 18.8 Å². The van der Waals surface area contributed by atoms with Gasteiger partial charge in [-0.1, -0.05) is 24.9 Å². The molecule has 6 nitrogen and oxygen atoms in total. The van der Waals surface area contributed by atoms with Crippen molar-refractivity contribution in [2.75, 3.05) is 26.8 Å². The van der Waals surface area contributed by atoms with E-state index in [2.05, 4.69) is 27.5 Å². The summed E-state index contributed by atoms with van der Waals surface area (Å²) in [5.41, 5.74) is 0.822. The molecule has 0 radical (unpaired) electrons. The predicted molar refractivity (Wildman–Crippen MR) is 78.8 cm³/mol. The third kappa shape index (κ3) is 6.36. The van der Waals surface area contributed by atoms with Crippen LogP contribution in [0, 0.1) is 0 Å². The van der Waals surface area contributed by atoms with Crippen LogP contribution in [0.1, 0.15) is 31.3 Å². The van der Waals surface area contributed by atoms with E-state index in [4.69, 9.17) is 16.3 Å². The van der Waals surface area contributed by atoms with Crippen molar-refractivity contribution >= 4 is 17.5 Å². The van der Waals surface area contributed by atoms with Crippen LogP contribution in [0.4, 0.5) is 0 Å². The molecule has 0 aromatic carbocycles. The molecule has 0 aliphatic carbocycles. The Hall–Kier alpha value is -1.11. The van der Waals surface area contributed by atoms with Crippen molar-refractivity contribution in [2.24, 2.45) is 0 Å². The lowest BCUT2D eigenvalue weighted by Crippen LogP contribution is -2.35. The first kappa shape index (κ1) is 16.9. The molecule has 0 saturated heterocycles. The van der Waals surface area contributed by atoms with Crippen LogP contribution in [-0.4, -0.2) is 42.7 Å². The van der Waals surface area contributed by atoms with Crippen LogP contribution in [0.15, 0.2) is 0 Å². The summed E-state index contributed by atoms with van der Waals surface area (Å²) in [6.45, 7) is 3.90. The molecule has 0 fully saturated rings. The Bertz CT molecular complexity index is 409. The summed E-state index contributed by atoms with van der Waals surface area (Å²) < 4.78 is 4.85. The van der Waals surface area contributed by atoms with Gasteiger partial charge in [-0.15, -0.1) is 0 Å². The Morgan fingerprint density at radius 2 is 2.30 bits per heavy atom. The molecule has 0 aliphatic heterocycles. The normalized spacial score (nSPS) is 10.8. The third-order valence-electron chi connectivity index (χ3n) is 2.76. The fraction of sp³-hybridized carbons (Fsp3) is 0.692. The number of aromatic nitrogens is 2. The first-order chi connectivity index (χ1) is 9.67. The molecule has 1 aromatic rings. The van der Waals surface area contributed by atoms with Crippen molar-refractivity contribution in [1.82, 2.24) is 20.6 Å². The lowest BCUT2D eigenvalue weighted by atomic mass is 10.2. The van der Waals surface area contributed by atoms with Gasteiger partial charge in [0.1, 0.15) is 5.82 Å². The van der Waals surface area contributed by atoms with Gasteiger partial charge in [-0.3, -0.25) is 4.79 Å². The monoisotopic (exact) mass is 302 g/mol. The molecule has 20 heavy (non-hydrogen) atoms. The molecule has 7 heteroatoms. The molecule has 3 N–H and O–H groups in total. The molecule has 1 rings (SSSR count). The van der Waals surface area contributed by atoms with E-state index in [0.717, 1.165) is 30.8 Å². The minimum absolute atomic E-state index is 0.0658. The zero-order valence-corrected chi connectivity index (χ0v) is 12.8. The second-order valence-corrected chi connectivity index (χ2v) is 4.86. The van der Waals surface area contributed by atoms with E-state index in [-0.39, 0.29) is 12.5 Å². The number of methoxy groups -OCH3 is 1. The number of unbranched alkanes of at least 4 members (excludes halogenated alkanes) is 1. The molecule has 0 bridgehead atoms. The summed E-state index contributed by atoms with van der Waals surface area (Å²) in [6.07, 6.45) is 3.10. The number of imidazole rings is 1. The third-order valence-corrected chi connectivity index (χ3v) is 3.07. The highest BCUT2D eigenvalue weighted by Gasteiger charge is 2.08. The lowest BCUT2D eigenvalue weighted by Gasteiger charge is -2.05. The molecule has 0 saturated carbocycles. The van der Waals surface area contributed by atoms with Gasteiger partial charge in [-0.2, -0.15) is 0 Å². The number of carbonyl (C=O) groups excluding carboxylic acids is 1. The van der Waals surface area contributed by atoms with Gasteiger partial charge in [-0.05, 0) is 6.42 Å². The number of halogens is 1. The SMILES string of the molecule is CCCCc1nc(Cl)c(CNCC(=O)NCCOC)[nH]1. The largest absolute Gasteiger partial charge is 0.383 e. The first-order valence-corrected chi connectivity index (χ1v) is 7.24. The number of nitrogens with zero attached hydrogens (tertiary/aromatic N) is 1. The molecule has 0 aliphatic rings. The summed E-state index contributed by atoms with van der Waals surface area (Å²) in [5.74, 6) is 0.835. The Kier molecular flexibility index (Phi) is 8.25. The summed E-state index contributed by atoms with van der Waals surface area (Å²) in [4.78, 5) is 18.9. The second-order valence-electron chi connectivity index (χ2n) is 4.50. The molecule has 1 aromatic heterocycles. The molecule has 0 unspecified atom stereocenters. The van der Waals surface area contributed by atoms with Crippen molar-refractivity contribution in [3.05, 3.63) is 16.7 Å². The van der Waals surface area contributed by atoms with E-state index >= 15 is 0 Å². The molecule has 0 atom stereocenters. The number of amides is 1. The van der Waals surface area contributed by atoms with E-state index in [9.17, 15) is 4.79 Å². The van der Waals surface area contributed by atoms with Gasteiger partial charge in [0, 0.05) is 26.6 Å². The van der Waals surface area contributed by atoms with Crippen LogP contribution in [-0.2, 0) is 22.5 Å². The van der Waals surface area contributed by atoms with Gasteiger partial charge >= 0.3 is 0 Å². The van der Waals surface area contributed by atoms with E-state index in [0.29, 0.717) is 24.8 Å². The van der Waals surface area contributed by atoms with Crippen LogP contribution >= 0.6 is 11.6 Å². The van der Waals surface area contributed by atoms with Gasteiger partial charge < -0.3 is 20.4 Å². The number of hydrogen-bond acceptors (Lipinski definition) is 4. The zero-order valence-electron chi connectivity index (χ0n) is 12.1. The topological polar surface area (TPSA) is 79.0 Å². The molecule has 0 spiro atoms. The summed E-state index contributed by atoms with van der Waals surface area (Å²) in [6, 6.07) is 0. The smallest absolute Gasteiger partial charge is 0.234 e. The maximum atomic E-state index is 11.5. The average Bonchev–Trinajstić information content (AvgIpc) is 2.77. The van der Waals surface area contributed by atoms with Crippen LogP contribution in [0.25, 0.3) is 0 Å². The van der Waals surface area contributed by atoms with Gasteiger partial charge in [0.2, 0.25) is 5.91 Å². The Labute approximate surface area is 124 Å². The van der Waals surface area contributed by atoms with Crippen LogP contribution < -0.4 is 10.6 Å². The lowest BCUT2D eigenvalue weighted by molar-refractivity contribution is -0.120. The quantitative estimate of drug-likeness (QED) is 0.569. The van der Waals surface area contributed by atoms with E-state index in [1.165, 1.54) is 0 Å². The van der Waals surface area contributed by atoms with Crippen molar-refractivity contribution < 1.29 is 9.53 Å². The van der Waals surface area contributed by atoms with E-state index in [1.54, 1.807) is 7.11 Å². The van der Waals surface area contributed by atoms with Gasteiger partial charge in [0.25, 0.3) is 0 Å². The number of H-pyrrole nitrogens is 1. The first-order valence-electron chi connectivity index (χ1n) is 6.87.